The van der Waals surface area contributed by atoms with Crippen molar-refractivity contribution in [1.82, 2.24) is 5.32 Å². The Morgan fingerprint density at radius 2 is 1.73 bits per heavy atom. The van der Waals surface area contributed by atoms with Crippen LogP contribution in [0.3, 0.4) is 0 Å². The summed E-state index contributed by atoms with van der Waals surface area (Å²) >= 11 is 0. The van der Waals surface area contributed by atoms with Crippen LogP contribution in [-0.4, -0.2) is 26.8 Å². The number of carbonyl (C=O) groups is 1. The third-order valence-corrected chi connectivity index (χ3v) is 3.48. The average Bonchev–Trinajstić information content (AvgIpc) is 2.41. The fraction of sp³-hybridized carbons (Fsp3) is 0.357. The van der Waals surface area contributed by atoms with Crippen molar-refractivity contribution < 1.29 is 39.6 Å². The van der Waals surface area contributed by atoms with Crippen molar-refractivity contribution in [3.05, 3.63) is 41.6 Å². The fourth-order valence-corrected chi connectivity index (χ4v) is 2.36. The third-order valence-electron chi connectivity index (χ3n) is 2.89. The van der Waals surface area contributed by atoms with E-state index in [2.05, 4.69) is 6.58 Å². The Balaban J connectivity index is 3.13. The summed E-state index contributed by atoms with van der Waals surface area (Å²) in [5.41, 5.74) is -2.78. The quantitative estimate of drug-likeness (QED) is 0.711. The molecule has 1 amide bonds. The Labute approximate surface area is 145 Å². The number of sulfonamides is 1. The van der Waals surface area contributed by atoms with Gasteiger partial charge < -0.3 is 5.32 Å². The first-order valence-electron chi connectivity index (χ1n) is 6.83. The zero-order chi connectivity index (χ0) is 20.3. The lowest BCUT2D eigenvalue weighted by Gasteiger charge is -2.15. The number of hydrogen-bond donors (Lipinski definition) is 2. The highest BCUT2D eigenvalue weighted by Gasteiger charge is 2.32. The molecule has 26 heavy (non-hydrogen) atoms. The maximum absolute atomic E-state index is 12.8. The number of rotatable bonds is 6. The second-order valence-electron chi connectivity index (χ2n) is 5.31. The maximum Gasteiger partial charge on any atom is 0.416 e. The molecule has 12 heteroatoms. The van der Waals surface area contributed by atoms with E-state index >= 15 is 0 Å². The van der Waals surface area contributed by atoms with Gasteiger partial charge >= 0.3 is 12.4 Å². The first kappa shape index (κ1) is 21.8. The van der Waals surface area contributed by atoms with Gasteiger partial charge in [-0.25, -0.2) is 8.42 Å². The minimum absolute atomic E-state index is 0.380. The van der Waals surface area contributed by atoms with Gasteiger partial charge in [0.05, 0.1) is 23.1 Å². The molecule has 0 spiro atoms. The van der Waals surface area contributed by atoms with Gasteiger partial charge in [0.25, 0.3) is 5.91 Å². The largest absolute Gasteiger partial charge is 0.416 e. The topological polar surface area (TPSA) is 75.3 Å². The smallest absolute Gasteiger partial charge is 0.326 e. The molecule has 0 bridgehead atoms. The molecule has 1 aromatic carbocycles. The van der Waals surface area contributed by atoms with Crippen molar-refractivity contribution in [2.24, 2.45) is 0 Å². The summed E-state index contributed by atoms with van der Waals surface area (Å²) in [5, 5.41) is 1.94. The third kappa shape index (κ3) is 7.33. The van der Waals surface area contributed by atoms with E-state index in [1.807, 2.05) is 10.0 Å². The molecule has 0 aliphatic rings. The monoisotopic (exact) mass is 404 g/mol. The second-order valence-corrected chi connectivity index (χ2v) is 7.05. The number of benzene rings is 1. The number of anilines is 1. The second kappa shape index (κ2) is 7.56. The van der Waals surface area contributed by atoms with Crippen LogP contribution in [0.2, 0.25) is 0 Å². The molecule has 0 atom stereocenters. The number of carbonyl (C=O) groups excluding carboxylic acids is 1. The summed E-state index contributed by atoms with van der Waals surface area (Å²) < 4.78 is 99.3. The molecule has 1 rings (SSSR count). The summed E-state index contributed by atoms with van der Waals surface area (Å²) in [7, 11) is -3.92. The van der Waals surface area contributed by atoms with E-state index in [1.54, 1.807) is 0 Å². The van der Waals surface area contributed by atoms with Gasteiger partial charge in [-0.05, 0) is 24.6 Å². The number of hydrogen-bond acceptors (Lipinski definition) is 3. The van der Waals surface area contributed by atoms with E-state index in [1.165, 1.54) is 0 Å². The van der Waals surface area contributed by atoms with Crippen LogP contribution in [0.5, 0.6) is 0 Å². The molecular formula is C14H14F6N2O3S. The van der Waals surface area contributed by atoms with Crippen LogP contribution in [0.1, 0.15) is 28.8 Å². The molecule has 0 aliphatic heterocycles. The number of allylic oxidation sites excluding steroid dienone is 1. The molecule has 0 aliphatic carbocycles. The van der Waals surface area contributed by atoms with Crippen molar-refractivity contribution in [1.29, 1.82) is 0 Å². The fourth-order valence-electron chi connectivity index (χ4n) is 1.78. The van der Waals surface area contributed by atoms with Gasteiger partial charge in [-0.3, -0.25) is 9.52 Å². The highest BCUT2D eigenvalue weighted by atomic mass is 32.2. The molecule has 0 saturated heterocycles. The summed E-state index contributed by atoms with van der Waals surface area (Å²) in [4.78, 5) is 12.1. The molecule has 0 radical (unpaired) electrons. The molecule has 5 nitrogen and oxygen atoms in total. The van der Waals surface area contributed by atoms with Crippen LogP contribution >= 0.6 is 0 Å². The summed E-state index contributed by atoms with van der Waals surface area (Å²) in [6.07, 6.45) is -10.6. The van der Waals surface area contributed by atoms with Crippen molar-refractivity contribution in [3.63, 3.8) is 0 Å². The van der Waals surface area contributed by atoms with E-state index in [9.17, 15) is 39.6 Å². The minimum Gasteiger partial charge on any atom is -0.326 e. The first-order valence-corrected chi connectivity index (χ1v) is 8.72. The Morgan fingerprint density at radius 1 is 1.15 bits per heavy atom. The van der Waals surface area contributed by atoms with Gasteiger partial charge in [0, 0.05) is 12.1 Å². The highest BCUT2D eigenvalue weighted by Crippen LogP contribution is 2.32. The molecule has 0 heterocycles. The lowest BCUT2D eigenvalue weighted by Crippen LogP contribution is -2.25. The molecule has 146 valence electrons. The Bertz CT molecular complexity index is 800. The number of halogens is 6. The Kier molecular flexibility index (Phi) is 6.34. The predicted octanol–water partition coefficient (Wildman–Crippen LogP) is 3.66. The normalized spacial score (nSPS) is 12.6. The van der Waals surface area contributed by atoms with Gasteiger partial charge in [-0.1, -0.05) is 6.58 Å². The number of alkyl halides is 6. The van der Waals surface area contributed by atoms with Crippen LogP contribution in [0.4, 0.5) is 32.0 Å². The van der Waals surface area contributed by atoms with E-state index in [0.717, 1.165) is 6.07 Å². The standard InChI is InChI=1S/C14H14F6N2O3S/c1-8(5-6-13(15,16)17)21-12(23)10-7-9(14(18,19)20)3-4-11(10)22-26(2,24)25/h3-4,7,22H,1,5-6H2,2H3,(H,21,23). The lowest BCUT2D eigenvalue weighted by atomic mass is 10.1. The van der Waals surface area contributed by atoms with Crippen molar-refractivity contribution >= 4 is 21.6 Å². The molecule has 0 fully saturated rings. The van der Waals surface area contributed by atoms with Crippen molar-refractivity contribution in [2.45, 2.75) is 25.2 Å². The van der Waals surface area contributed by atoms with Crippen molar-refractivity contribution in [3.8, 4) is 0 Å². The maximum atomic E-state index is 12.8. The van der Waals surface area contributed by atoms with Crippen LogP contribution in [0.25, 0.3) is 0 Å². The van der Waals surface area contributed by atoms with E-state index in [4.69, 9.17) is 0 Å². The molecule has 0 aromatic heterocycles. The predicted molar refractivity (Wildman–Crippen MR) is 81.8 cm³/mol. The Hall–Kier alpha value is -2.24. The summed E-state index contributed by atoms with van der Waals surface area (Å²) in [6.45, 7) is 3.21. The molecule has 0 unspecified atom stereocenters. The van der Waals surface area contributed by atoms with Gasteiger partial charge in [-0.15, -0.1) is 0 Å². The minimum atomic E-state index is -4.81. The number of amides is 1. The SMILES string of the molecule is C=C(CCC(F)(F)F)NC(=O)c1cc(C(F)(F)F)ccc1NS(C)(=O)=O. The van der Waals surface area contributed by atoms with Crippen molar-refractivity contribution in [2.75, 3.05) is 11.0 Å². The van der Waals surface area contributed by atoms with E-state index in [-0.39, 0.29) is 5.70 Å². The van der Waals surface area contributed by atoms with Gasteiger partial charge in [-0.2, -0.15) is 26.3 Å². The zero-order valence-corrected chi connectivity index (χ0v) is 14.1. The van der Waals surface area contributed by atoms with Crippen LogP contribution in [0, 0.1) is 0 Å². The molecule has 0 saturated carbocycles. The van der Waals surface area contributed by atoms with Gasteiger partial charge in [0.1, 0.15) is 0 Å². The van der Waals surface area contributed by atoms with Crippen LogP contribution < -0.4 is 10.0 Å². The van der Waals surface area contributed by atoms with E-state index in [0.29, 0.717) is 18.4 Å². The molecular weight excluding hydrogens is 390 g/mol. The molecule has 1 aromatic rings. The lowest BCUT2D eigenvalue weighted by molar-refractivity contribution is -0.137. The summed E-state index contributed by atoms with van der Waals surface area (Å²) in [6, 6.07) is 1.68. The molecule has 2 N–H and O–H groups in total. The van der Waals surface area contributed by atoms with Crippen LogP contribution in [0.15, 0.2) is 30.5 Å². The average molecular weight is 404 g/mol. The van der Waals surface area contributed by atoms with E-state index < -0.39 is 57.9 Å². The number of nitrogens with one attached hydrogen (secondary N) is 2. The first-order chi connectivity index (χ1) is 11.6. The van der Waals surface area contributed by atoms with Gasteiger partial charge in [0.2, 0.25) is 10.0 Å². The Morgan fingerprint density at radius 3 is 2.19 bits per heavy atom. The summed E-state index contributed by atoms with van der Waals surface area (Å²) in [5.74, 6) is -1.23. The zero-order valence-electron chi connectivity index (χ0n) is 13.3. The van der Waals surface area contributed by atoms with Crippen LogP contribution in [-0.2, 0) is 16.2 Å². The van der Waals surface area contributed by atoms with Gasteiger partial charge in [0.15, 0.2) is 0 Å². The highest BCUT2D eigenvalue weighted by molar-refractivity contribution is 7.92.